The number of thioether (sulfide) groups is 2. The van der Waals surface area contributed by atoms with E-state index in [2.05, 4.69) is 24.0 Å². The summed E-state index contributed by atoms with van der Waals surface area (Å²) < 4.78 is 12.7. The predicted molar refractivity (Wildman–Crippen MR) is 115 cm³/mol. The second kappa shape index (κ2) is 11.5. The van der Waals surface area contributed by atoms with Crippen LogP contribution in [-0.4, -0.2) is 94.9 Å². The van der Waals surface area contributed by atoms with Crippen LogP contribution < -0.4 is 0 Å². The Kier molecular flexibility index (Phi) is 9.04. The maximum atomic E-state index is 12.4. The summed E-state index contributed by atoms with van der Waals surface area (Å²) >= 11 is 4.24. The highest BCUT2D eigenvalue weighted by molar-refractivity contribution is 8.03. The topological polar surface area (TPSA) is 84.9 Å². The summed E-state index contributed by atoms with van der Waals surface area (Å²) in [6.45, 7) is 7.96. The Hall–Kier alpha value is -0.880. The zero-order chi connectivity index (χ0) is 20.6. The zero-order valence-electron chi connectivity index (χ0n) is 16.9. The summed E-state index contributed by atoms with van der Waals surface area (Å²) in [5, 5.41) is 8.30. The summed E-state index contributed by atoms with van der Waals surface area (Å²) in [4.78, 5) is 28.6. The number of aromatic nitrogens is 2. The van der Waals surface area contributed by atoms with Gasteiger partial charge in [-0.3, -0.25) is 9.59 Å². The van der Waals surface area contributed by atoms with Gasteiger partial charge in [-0.05, 0) is 12.8 Å². The van der Waals surface area contributed by atoms with E-state index in [0.717, 1.165) is 21.5 Å². The van der Waals surface area contributed by atoms with Crippen molar-refractivity contribution >= 4 is 46.7 Å². The van der Waals surface area contributed by atoms with Crippen molar-refractivity contribution in [2.45, 2.75) is 47.6 Å². The molecule has 29 heavy (non-hydrogen) atoms. The fourth-order valence-electron chi connectivity index (χ4n) is 3.13. The molecule has 2 unspecified atom stereocenters. The predicted octanol–water partition coefficient (Wildman–Crippen LogP) is 2.00. The van der Waals surface area contributed by atoms with E-state index in [1.54, 1.807) is 0 Å². The molecular formula is C18H28N4O4S3. The molecule has 162 valence electrons. The molecular weight excluding hydrogens is 432 g/mol. The molecule has 2 saturated heterocycles. The van der Waals surface area contributed by atoms with Crippen molar-refractivity contribution in [3.63, 3.8) is 0 Å². The molecule has 0 aliphatic carbocycles. The number of carbonyl (C=O) groups excluding carboxylic acids is 2. The molecule has 11 heteroatoms. The highest BCUT2D eigenvalue weighted by atomic mass is 32.2. The Labute approximate surface area is 184 Å². The molecule has 2 fully saturated rings. The standard InChI is InChI=1S/C18H28N4O4S3/c1-3-13-9-21(5-7-25-13)15(23)11-27-17-19-20-18(29-17)28-12-16(24)22-6-8-26-14(4-2)10-22/h13-14H,3-12H2,1-2H3. The zero-order valence-corrected chi connectivity index (χ0v) is 19.3. The van der Waals surface area contributed by atoms with Gasteiger partial charge in [-0.15, -0.1) is 10.2 Å². The first-order valence-corrected chi connectivity index (χ1v) is 12.8. The van der Waals surface area contributed by atoms with Crippen LogP contribution in [0.25, 0.3) is 0 Å². The van der Waals surface area contributed by atoms with Crippen molar-refractivity contribution in [3.8, 4) is 0 Å². The molecule has 2 atom stereocenters. The van der Waals surface area contributed by atoms with Crippen LogP contribution in [0.4, 0.5) is 0 Å². The van der Waals surface area contributed by atoms with Gasteiger partial charge >= 0.3 is 0 Å². The first-order valence-electron chi connectivity index (χ1n) is 9.96. The molecule has 0 aromatic carbocycles. The van der Waals surface area contributed by atoms with Crippen molar-refractivity contribution in [2.75, 3.05) is 50.9 Å². The van der Waals surface area contributed by atoms with Gasteiger partial charge in [0.1, 0.15) is 0 Å². The van der Waals surface area contributed by atoms with Crippen LogP contribution in [0.1, 0.15) is 26.7 Å². The molecule has 2 amide bonds. The van der Waals surface area contributed by atoms with Gasteiger partial charge in [0.2, 0.25) is 11.8 Å². The molecule has 8 nitrogen and oxygen atoms in total. The van der Waals surface area contributed by atoms with E-state index >= 15 is 0 Å². The Balaban J connectivity index is 1.40. The third-order valence-corrected chi connectivity index (χ3v) is 8.08. The second-order valence-corrected chi connectivity index (χ2v) is 10.3. The monoisotopic (exact) mass is 460 g/mol. The van der Waals surface area contributed by atoms with Crippen molar-refractivity contribution in [1.82, 2.24) is 20.0 Å². The van der Waals surface area contributed by atoms with Gasteiger partial charge < -0.3 is 19.3 Å². The Morgan fingerprint density at radius 3 is 1.79 bits per heavy atom. The minimum atomic E-state index is 0.106. The number of ether oxygens (including phenoxy) is 2. The highest BCUT2D eigenvalue weighted by Crippen LogP contribution is 2.29. The Bertz CT molecular complexity index is 635. The number of nitrogens with zero attached hydrogens (tertiary/aromatic N) is 4. The van der Waals surface area contributed by atoms with Crippen LogP contribution in [0.15, 0.2) is 8.68 Å². The molecule has 2 aliphatic rings. The minimum absolute atomic E-state index is 0.106. The van der Waals surface area contributed by atoms with Gasteiger partial charge in [0.25, 0.3) is 0 Å². The number of hydrogen-bond acceptors (Lipinski definition) is 9. The maximum absolute atomic E-state index is 12.4. The summed E-state index contributed by atoms with van der Waals surface area (Å²) in [7, 11) is 0. The van der Waals surface area contributed by atoms with Gasteiger partial charge in [-0.25, -0.2) is 0 Å². The molecule has 2 aliphatic heterocycles. The first kappa shape index (κ1) is 22.8. The summed E-state index contributed by atoms with van der Waals surface area (Å²) in [5.41, 5.74) is 0. The summed E-state index contributed by atoms with van der Waals surface area (Å²) in [5.74, 6) is 0.907. The molecule has 1 aromatic rings. The molecule has 0 radical (unpaired) electrons. The van der Waals surface area contributed by atoms with E-state index in [0.29, 0.717) is 50.9 Å². The van der Waals surface area contributed by atoms with Crippen LogP contribution in [0.5, 0.6) is 0 Å². The minimum Gasteiger partial charge on any atom is -0.375 e. The lowest BCUT2D eigenvalue weighted by Crippen LogP contribution is -2.46. The lowest BCUT2D eigenvalue weighted by Gasteiger charge is -2.32. The SMILES string of the molecule is CCC1CN(C(=O)CSc2nnc(SCC(=O)N3CCOC(CC)C3)s2)CCO1. The van der Waals surface area contributed by atoms with Crippen molar-refractivity contribution in [3.05, 3.63) is 0 Å². The Morgan fingerprint density at radius 1 is 0.931 bits per heavy atom. The first-order chi connectivity index (χ1) is 14.1. The number of hydrogen-bond donors (Lipinski definition) is 0. The lowest BCUT2D eigenvalue weighted by atomic mass is 10.2. The van der Waals surface area contributed by atoms with Crippen molar-refractivity contribution in [2.24, 2.45) is 0 Å². The average Bonchev–Trinajstić information content (AvgIpc) is 3.23. The highest BCUT2D eigenvalue weighted by Gasteiger charge is 2.24. The quantitative estimate of drug-likeness (QED) is 0.545. The number of carbonyl (C=O) groups is 2. The van der Waals surface area contributed by atoms with E-state index in [-0.39, 0.29) is 24.0 Å². The fourth-order valence-corrected chi connectivity index (χ4v) is 5.95. The summed E-state index contributed by atoms with van der Waals surface area (Å²) in [6.07, 6.45) is 2.10. The second-order valence-electron chi connectivity index (χ2n) is 6.89. The lowest BCUT2D eigenvalue weighted by molar-refractivity contribution is -0.136. The van der Waals surface area contributed by atoms with E-state index in [1.165, 1.54) is 34.9 Å². The van der Waals surface area contributed by atoms with Crippen LogP contribution in [0, 0.1) is 0 Å². The largest absolute Gasteiger partial charge is 0.375 e. The molecule has 0 bridgehead atoms. The fraction of sp³-hybridized carbons (Fsp3) is 0.778. The average molecular weight is 461 g/mol. The summed E-state index contributed by atoms with van der Waals surface area (Å²) in [6, 6.07) is 0. The third-order valence-electron chi connectivity index (χ3n) is 4.92. The number of morpholine rings is 2. The van der Waals surface area contributed by atoms with Crippen LogP contribution >= 0.6 is 34.9 Å². The van der Waals surface area contributed by atoms with Gasteiger partial charge in [0.15, 0.2) is 8.68 Å². The smallest absolute Gasteiger partial charge is 0.233 e. The van der Waals surface area contributed by atoms with E-state index < -0.39 is 0 Å². The van der Waals surface area contributed by atoms with Crippen LogP contribution in [-0.2, 0) is 19.1 Å². The van der Waals surface area contributed by atoms with E-state index in [4.69, 9.17) is 9.47 Å². The van der Waals surface area contributed by atoms with Gasteiger partial charge in [-0.2, -0.15) is 0 Å². The normalized spacial score (nSPS) is 22.7. The number of amides is 2. The Morgan fingerprint density at radius 2 is 1.38 bits per heavy atom. The van der Waals surface area contributed by atoms with E-state index in [1.807, 2.05) is 9.80 Å². The maximum Gasteiger partial charge on any atom is 0.233 e. The van der Waals surface area contributed by atoms with Gasteiger partial charge in [0.05, 0.1) is 36.9 Å². The molecule has 3 rings (SSSR count). The number of rotatable bonds is 8. The molecule has 0 spiro atoms. The van der Waals surface area contributed by atoms with E-state index in [9.17, 15) is 9.59 Å². The van der Waals surface area contributed by atoms with Crippen molar-refractivity contribution < 1.29 is 19.1 Å². The van der Waals surface area contributed by atoms with Gasteiger partial charge in [-0.1, -0.05) is 48.7 Å². The molecule has 0 saturated carbocycles. The molecule has 0 N–H and O–H groups in total. The van der Waals surface area contributed by atoms with Crippen LogP contribution in [0.2, 0.25) is 0 Å². The third kappa shape index (κ3) is 6.81. The molecule has 1 aromatic heterocycles. The molecule has 3 heterocycles. The van der Waals surface area contributed by atoms with Crippen LogP contribution in [0.3, 0.4) is 0 Å². The van der Waals surface area contributed by atoms with Crippen molar-refractivity contribution in [1.29, 1.82) is 0 Å². The van der Waals surface area contributed by atoms with Gasteiger partial charge in [0, 0.05) is 26.2 Å².